The molecular weight excluding hydrogens is 364 g/mol. The van der Waals surface area contributed by atoms with Crippen molar-refractivity contribution in [2.45, 2.75) is 18.9 Å². The topological polar surface area (TPSA) is 58.6 Å². The van der Waals surface area contributed by atoms with Gasteiger partial charge in [0.25, 0.3) is 5.91 Å². The first-order valence-electron chi connectivity index (χ1n) is 9.10. The van der Waals surface area contributed by atoms with Crippen molar-refractivity contribution >= 4 is 23.8 Å². The van der Waals surface area contributed by atoms with E-state index in [9.17, 15) is 9.59 Å². The van der Waals surface area contributed by atoms with Crippen LogP contribution in [-0.4, -0.2) is 43.3 Å². The van der Waals surface area contributed by atoms with E-state index in [0.29, 0.717) is 22.9 Å². The molecule has 1 unspecified atom stereocenters. The summed E-state index contributed by atoms with van der Waals surface area (Å²) in [6, 6.07) is 14.7. The molecule has 0 radical (unpaired) electrons. The third-order valence-electron chi connectivity index (χ3n) is 4.71. The standard InChI is InChI=1S/C21H23ClN2O3/c22-18-8-5-7-16(12-18)19(24-10-3-4-11-24)13-23-21(26)15-27-20-9-2-1-6-17(20)14-25/h1-2,5-9,12,14,19H,3-4,10-11,13,15H2,(H,23,26). The van der Waals surface area contributed by atoms with Gasteiger partial charge >= 0.3 is 0 Å². The van der Waals surface area contributed by atoms with Gasteiger partial charge in [-0.05, 0) is 55.8 Å². The monoisotopic (exact) mass is 386 g/mol. The minimum atomic E-state index is -0.220. The smallest absolute Gasteiger partial charge is 0.258 e. The number of carbonyl (C=O) groups excluding carboxylic acids is 2. The number of halogens is 1. The first kappa shape index (κ1) is 19.4. The molecule has 142 valence electrons. The summed E-state index contributed by atoms with van der Waals surface area (Å²) in [5.41, 5.74) is 1.52. The highest BCUT2D eigenvalue weighted by Crippen LogP contribution is 2.26. The van der Waals surface area contributed by atoms with Crippen molar-refractivity contribution in [1.29, 1.82) is 0 Å². The lowest BCUT2D eigenvalue weighted by Gasteiger charge is -2.28. The van der Waals surface area contributed by atoms with E-state index in [2.05, 4.69) is 10.2 Å². The number of amides is 1. The zero-order valence-corrected chi connectivity index (χ0v) is 15.8. The van der Waals surface area contributed by atoms with Crippen LogP contribution in [0, 0.1) is 0 Å². The van der Waals surface area contributed by atoms with Crippen molar-refractivity contribution in [3.63, 3.8) is 0 Å². The van der Waals surface area contributed by atoms with Gasteiger partial charge in [0.05, 0.1) is 11.6 Å². The molecule has 1 aliphatic heterocycles. The minimum Gasteiger partial charge on any atom is -0.483 e. The Morgan fingerprint density at radius 1 is 1.19 bits per heavy atom. The van der Waals surface area contributed by atoms with Gasteiger partial charge in [0.1, 0.15) is 5.75 Å². The number of hydrogen-bond donors (Lipinski definition) is 1. The molecule has 0 spiro atoms. The largest absolute Gasteiger partial charge is 0.483 e. The molecule has 3 rings (SSSR count). The summed E-state index contributed by atoms with van der Waals surface area (Å²) >= 11 is 6.15. The molecule has 2 aromatic rings. The number of benzene rings is 2. The highest BCUT2D eigenvalue weighted by molar-refractivity contribution is 6.30. The first-order chi connectivity index (χ1) is 13.2. The maximum absolute atomic E-state index is 12.3. The number of para-hydroxylation sites is 1. The molecule has 6 heteroatoms. The SMILES string of the molecule is O=Cc1ccccc1OCC(=O)NCC(c1cccc(Cl)c1)N1CCCC1. The van der Waals surface area contributed by atoms with Crippen LogP contribution in [0.25, 0.3) is 0 Å². The molecule has 1 aliphatic rings. The van der Waals surface area contributed by atoms with E-state index in [1.807, 2.05) is 24.3 Å². The molecule has 27 heavy (non-hydrogen) atoms. The van der Waals surface area contributed by atoms with Crippen LogP contribution in [0.5, 0.6) is 5.75 Å². The molecule has 1 heterocycles. The molecule has 1 fully saturated rings. The molecule has 0 aliphatic carbocycles. The number of hydrogen-bond acceptors (Lipinski definition) is 4. The number of ether oxygens (including phenoxy) is 1. The fraction of sp³-hybridized carbons (Fsp3) is 0.333. The van der Waals surface area contributed by atoms with E-state index in [1.165, 1.54) is 0 Å². The van der Waals surface area contributed by atoms with Gasteiger partial charge in [-0.25, -0.2) is 0 Å². The van der Waals surface area contributed by atoms with Crippen molar-refractivity contribution in [1.82, 2.24) is 10.2 Å². The summed E-state index contributed by atoms with van der Waals surface area (Å²) in [6.45, 7) is 2.37. The van der Waals surface area contributed by atoms with Crippen molar-refractivity contribution in [2.75, 3.05) is 26.2 Å². The van der Waals surface area contributed by atoms with Crippen LogP contribution in [0.4, 0.5) is 0 Å². The first-order valence-corrected chi connectivity index (χ1v) is 9.48. The van der Waals surface area contributed by atoms with Gasteiger partial charge in [-0.15, -0.1) is 0 Å². The Morgan fingerprint density at radius 3 is 2.70 bits per heavy atom. The summed E-state index contributed by atoms with van der Waals surface area (Å²) in [4.78, 5) is 25.7. The number of aldehydes is 1. The summed E-state index contributed by atoms with van der Waals surface area (Å²) in [7, 11) is 0. The number of likely N-dealkylation sites (tertiary alicyclic amines) is 1. The third-order valence-corrected chi connectivity index (χ3v) is 4.95. The summed E-state index contributed by atoms with van der Waals surface area (Å²) in [5, 5.41) is 3.64. The van der Waals surface area contributed by atoms with E-state index >= 15 is 0 Å². The Morgan fingerprint density at radius 2 is 1.96 bits per heavy atom. The second kappa shape index (κ2) is 9.53. The number of rotatable bonds is 8. The molecule has 1 atom stereocenters. The van der Waals surface area contributed by atoms with Crippen LogP contribution >= 0.6 is 11.6 Å². The quantitative estimate of drug-likeness (QED) is 0.705. The van der Waals surface area contributed by atoms with E-state index in [1.54, 1.807) is 24.3 Å². The van der Waals surface area contributed by atoms with Crippen molar-refractivity contribution < 1.29 is 14.3 Å². The van der Waals surface area contributed by atoms with Crippen LogP contribution in [0.15, 0.2) is 48.5 Å². The Bertz CT molecular complexity index is 791. The molecule has 0 aromatic heterocycles. The fourth-order valence-electron chi connectivity index (χ4n) is 3.34. The zero-order chi connectivity index (χ0) is 19.1. The highest BCUT2D eigenvalue weighted by Gasteiger charge is 2.24. The van der Waals surface area contributed by atoms with Gasteiger partial charge in [-0.3, -0.25) is 14.5 Å². The lowest BCUT2D eigenvalue weighted by Crippen LogP contribution is -2.38. The average Bonchev–Trinajstić information content (AvgIpc) is 3.21. The van der Waals surface area contributed by atoms with Gasteiger partial charge in [0.15, 0.2) is 12.9 Å². The maximum atomic E-state index is 12.3. The van der Waals surface area contributed by atoms with Crippen LogP contribution in [0.1, 0.15) is 34.8 Å². The van der Waals surface area contributed by atoms with E-state index in [-0.39, 0.29) is 18.6 Å². The molecule has 0 saturated carbocycles. The van der Waals surface area contributed by atoms with Crippen molar-refractivity contribution in [2.24, 2.45) is 0 Å². The lowest BCUT2D eigenvalue weighted by molar-refractivity contribution is -0.123. The number of nitrogens with zero attached hydrogens (tertiary/aromatic N) is 1. The Labute approximate surface area is 164 Å². The Hall–Kier alpha value is -2.37. The second-order valence-corrected chi connectivity index (χ2v) is 7.00. The molecule has 0 bridgehead atoms. The van der Waals surface area contributed by atoms with Crippen molar-refractivity contribution in [3.05, 3.63) is 64.7 Å². The minimum absolute atomic E-state index is 0.0809. The average molecular weight is 387 g/mol. The van der Waals surface area contributed by atoms with Crippen LogP contribution in [0.3, 0.4) is 0 Å². The Kier molecular flexibility index (Phi) is 6.85. The molecule has 1 amide bonds. The molecular formula is C21H23ClN2O3. The van der Waals surface area contributed by atoms with Gasteiger partial charge in [-0.2, -0.15) is 0 Å². The highest BCUT2D eigenvalue weighted by atomic mass is 35.5. The Balaban J connectivity index is 1.59. The maximum Gasteiger partial charge on any atom is 0.258 e. The summed E-state index contributed by atoms with van der Waals surface area (Å²) in [6.07, 6.45) is 3.04. The van der Waals surface area contributed by atoms with Crippen LogP contribution in [-0.2, 0) is 4.79 Å². The fourth-order valence-corrected chi connectivity index (χ4v) is 3.54. The van der Waals surface area contributed by atoms with E-state index in [0.717, 1.165) is 37.8 Å². The van der Waals surface area contributed by atoms with Gasteiger partial charge in [0.2, 0.25) is 0 Å². The third kappa shape index (κ3) is 5.31. The lowest BCUT2D eigenvalue weighted by atomic mass is 10.1. The molecule has 5 nitrogen and oxygen atoms in total. The molecule has 2 aromatic carbocycles. The number of nitrogens with one attached hydrogen (secondary N) is 1. The zero-order valence-electron chi connectivity index (χ0n) is 15.1. The van der Waals surface area contributed by atoms with E-state index < -0.39 is 0 Å². The predicted molar refractivity (Wildman–Crippen MR) is 105 cm³/mol. The van der Waals surface area contributed by atoms with Crippen molar-refractivity contribution in [3.8, 4) is 5.75 Å². The van der Waals surface area contributed by atoms with Crippen LogP contribution in [0.2, 0.25) is 5.02 Å². The predicted octanol–water partition coefficient (Wildman–Crippen LogP) is 3.48. The molecule has 1 saturated heterocycles. The summed E-state index contributed by atoms with van der Waals surface area (Å²) in [5.74, 6) is 0.190. The molecule has 1 N–H and O–H groups in total. The second-order valence-electron chi connectivity index (χ2n) is 6.56. The van der Waals surface area contributed by atoms with Gasteiger partial charge in [-0.1, -0.05) is 35.9 Å². The van der Waals surface area contributed by atoms with Gasteiger partial charge in [0, 0.05) is 11.6 Å². The van der Waals surface area contributed by atoms with Gasteiger partial charge < -0.3 is 10.1 Å². The van der Waals surface area contributed by atoms with Crippen LogP contribution < -0.4 is 10.1 Å². The normalized spacial score (nSPS) is 15.3. The summed E-state index contributed by atoms with van der Waals surface area (Å²) < 4.78 is 5.49. The van der Waals surface area contributed by atoms with E-state index in [4.69, 9.17) is 16.3 Å². The number of carbonyl (C=O) groups is 2.